The fourth-order valence-electron chi connectivity index (χ4n) is 6.73. The van der Waals surface area contributed by atoms with Crippen molar-refractivity contribution in [1.29, 1.82) is 0 Å². The number of hydrogen-bond acceptors (Lipinski definition) is 10. The number of rotatable bonds is 14. The van der Waals surface area contributed by atoms with Crippen molar-refractivity contribution in [2.45, 2.75) is 31.3 Å². The van der Waals surface area contributed by atoms with Crippen molar-refractivity contribution in [2.75, 3.05) is 40.2 Å². The van der Waals surface area contributed by atoms with E-state index in [0.29, 0.717) is 77.2 Å². The topological polar surface area (TPSA) is 128 Å². The largest absolute Gasteiger partial charge is 0.493 e. The minimum atomic E-state index is -0.203. The highest BCUT2D eigenvalue weighted by Gasteiger charge is 2.33. The lowest BCUT2D eigenvalue weighted by molar-refractivity contribution is 0.0817. The Morgan fingerprint density at radius 2 is 1.60 bits per heavy atom. The maximum absolute atomic E-state index is 13.7. The quantitative estimate of drug-likeness (QED) is 0.0599. The third-order valence-electron chi connectivity index (χ3n) is 9.75. The van der Waals surface area contributed by atoms with Crippen molar-refractivity contribution >= 4 is 53.3 Å². The highest BCUT2D eigenvalue weighted by molar-refractivity contribution is 6.05. The molecule has 3 heterocycles. The standard InChI is InChI=1S/C44H43N5O6/c1-48-26-30(11-10-29-8-5-4-6-9-29)18-35(48)24-46-38-22-42(40(52-2)20-33(38)28-50)54-16-7-17-55-43-23-39-37(21-41(43)53-3)44(51)49-27-32(19-36(49)25-47-39)31-12-14-34(45)15-13-31/h4-6,8-15,20-28,35-36H,7,16-19,45H2,1-3H3/b11-10+,46-24?. The summed E-state index contributed by atoms with van der Waals surface area (Å²) in [6.45, 7) is 0.604. The smallest absolute Gasteiger partial charge is 0.260 e. The van der Waals surface area contributed by atoms with Crippen LogP contribution in [-0.4, -0.2) is 81.0 Å². The first-order chi connectivity index (χ1) is 26.8. The van der Waals surface area contributed by atoms with Crippen LogP contribution in [0.15, 0.2) is 113 Å². The van der Waals surface area contributed by atoms with Gasteiger partial charge in [0.15, 0.2) is 29.3 Å². The summed E-state index contributed by atoms with van der Waals surface area (Å²) in [5.41, 5.74) is 12.8. The zero-order valence-corrected chi connectivity index (χ0v) is 31.1. The number of benzene rings is 4. The van der Waals surface area contributed by atoms with Gasteiger partial charge in [0.1, 0.15) is 0 Å². The lowest BCUT2D eigenvalue weighted by atomic mass is 10.0. The molecule has 0 fully saturated rings. The summed E-state index contributed by atoms with van der Waals surface area (Å²) < 4.78 is 23.4. The number of anilines is 1. The van der Waals surface area contributed by atoms with Crippen LogP contribution in [0.3, 0.4) is 0 Å². The van der Waals surface area contributed by atoms with Crippen molar-refractivity contribution < 1.29 is 28.5 Å². The highest BCUT2D eigenvalue weighted by Crippen LogP contribution is 2.40. The van der Waals surface area contributed by atoms with E-state index in [4.69, 9.17) is 34.7 Å². The Morgan fingerprint density at radius 3 is 2.33 bits per heavy atom. The molecule has 4 aromatic carbocycles. The van der Waals surface area contributed by atoms with Crippen LogP contribution in [0.1, 0.15) is 51.1 Å². The van der Waals surface area contributed by atoms with E-state index in [0.717, 1.165) is 29.4 Å². The highest BCUT2D eigenvalue weighted by atomic mass is 16.5. The molecule has 11 nitrogen and oxygen atoms in total. The van der Waals surface area contributed by atoms with Crippen molar-refractivity contribution in [3.63, 3.8) is 0 Å². The molecule has 2 atom stereocenters. The molecule has 3 aliphatic rings. The number of hydrogen-bond donors (Lipinski definition) is 1. The van der Waals surface area contributed by atoms with Crippen molar-refractivity contribution in [2.24, 2.45) is 9.98 Å². The molecule has 7 rings (SSSR count). The zero-order valence-electron chi connectivity index (χ0n) is 31.1. The monoisotopic (exact) mass is 737 g/mol. The normalized spacial score (nSPS) is 17.5. The Labute approximate surface area is 320 Å². The number of aliphatic imine (C=N–C) groups is 2. The molecule has 280 valence electrons. The molecule has 0 radical (unpaired) electrons. The van der Waals surface area contributed by atoms with E-state index in [1.165, 1.54) is 12.7 Å². The van der Waals surface area contributed by atoms with Gasteiger partial charge in [-0.25, -0.2) is 0 Å². The van der Waals surface area contributed by atoms with Gasteiger partial charge in [0.05, 0.1) is 56.5 Å². The second-order valence-corrected chi connectivity index (χ2v) is 13.5. The first-order valence-corrected chi connectivity index (χ1v) is 18.1. The molecule has 0 bridgehead atoms. The molecule has 0 saturated carbocycles. The number of carbonyl (C=O) groups is 2. The predicted molar refractivity (Wildman–Crippen MR) is 216 cm³/mol. The number of aldehydes is 1. The second kappa shape index (κ2) is 16.6. The van der Waals surface area contributed by atoms with Crippen LogP contribution in [0, 0.1) is 0 Å². The third kappa shape index (κ3) is 8.31. The lowest BCUT2D eigenvalue weighted by Crippen LogP contribution is -2.32. The van der Waals surface area contributed by atoms with Crippen molar-refractivity contribution in [3.05, 3.63) is 125 Å². The summed E-state index contributed by atoms with van der Waals surface area (Å²) in [6.07, 6.45) is 14.6. The summed E-state index contributed by atoms with van der Waals surface area (Å²) in [5.74, 6) is 1.64. The number of methoxy groups -OCH3 is 2. The summed E-state index contributed by atoms with van der Waals surface area (Å²) in [5, 5.41) is 0. The number of fused-ring (bicyclic) bond motifs is 2. The molecular formula is C44H43N5O6. The molecule has 2 N–H and O–H groups in total. The number of nitrogen functional groups attached to an aromatic ring is 1. The van der Waals surface area contributed by atoms with Gasteiger partial charge >= 0.3 is 0 Å². The van der Waals surface area contributed by atoms with E-state index in [1.807, 2.05) is 61.9 Å². The van der Waals surface area contributed by atoms with Gasteiger partial charge in [-0.2, -0.15) is 0 Å². The van der Waals surface area contributed by atoms with Crippen LogP contribution in [-0.2, 0) is 0 Å². The molecule has 55 heavy (non-hydrogen) atoms. The van der Waals surface area contributed by atoms with Gasteiger partial charge in [-0.05, 0) is 53.0 Å². The number of amides is 1. The molecule has 0 spiro atoms. The first kappa shape index (κ1) is 36.7. The van der Waals surface area contributed by atoms with E-state index in [2.05, 4.69) is 35.4 Å². The van der Waals surface area contributed by atoms with E-state index < -0.39 is 0 Å². The van der Waals surface area contributed by atoms with Crippen LogP contribution in [0.5, 0.6) is 23.0 Å². The lowest BCUT2D eigenvalue weighted by Gasteiger charge is -2.19. The Morgan fingerprint density at radius 1 is 0.873 bits per heavy atom. The molecular weight excluding hydrogens is 695 g/mol. The average Bonchev–Trinajstić information content (AvgIpc) is 3.78. The zero-order chi connectivity index (χ0) is 38.3. The minimum Gasteiger partial charge on any atom is -0.493 e. The van der Waals surface area contributed by atoms with Gasteiger partial charge < -0.3 is 34.5 Å². The molecule has 0 aliphatic carbocycles. The van der Waals surface area contributed by atoms with Crippen molar-refractivity contribution in [1.82, 2.24) is 9.80 Å². The van der Waals surface area contributed by atoms with Gasteiger partial charge in [-0.15, -0.1) is 0 Å². The Bertz CT molecular complexity index is 2210. The van der Waals surface area contributed by atoms with E-state index in [1.54, 1.807) is 42.5 Å². The van der Waals surface area contributed by atoms with Gasteiger partial charge in [-0.3, -0.25) is 19.6 Å². The number of nitrogens with zero attached hydrogens (tertiary/aromatic N) is 4. The van der Waals surface area contributed by atoms with Crippen molar-refractivity contribution in [3.8, 4) is 23.0 Å². The van der Waals surface area contributed by atoms with Gasteiger partial charge in [-0.1, -0.05) is 54.6 Å². The molecule has 4 aromatic rings. The molecule has 11 heteroatoms. The Kier molecular flexibility index (Phi) is 11.1. The van der Waals surface area contributed by atoms with Crippen LogP contribution in [0.2, 0.25) is 0 Å². The SMILES string of the molecule is COc1cc(C=O)c(N=CC2CC(/C=C/c3ccccc3)=CN2C)cc1OCCCOc1cc2c(cc1OC)C(=O)N1C=C(c3ccc(N)cc3)CC1C=N2. The second-order valence-electron chi connectivity index (χ2n) is 13.5. The average molecular weight is 738 g/mol. The van der Waals surface area contributed by atoms with Gasteiger partial charge in [0.25, 0.3) is 5.91 Å². The van der Waals surface area contributed by atoms with Crippen LogP contribution in [0.25, 0.3) is 11.6 Å². The molecule has 0 aromatic heterocycles. The summed E-state index contributed by atoms with van der Waals surface area (Å²) in [6, 6.07) is 24.4. The number of allylic oxidation sites excluding steroid dienone is 1. The maximum Gasteiger partial charge on any atom is 0.260 e. The molecule has 2 unspecified atom stereocenters. The Hall–Kier alpha value is -6.62. The van der Waals surface area contributed by atoms with Gasteiger partial charge in [0.2, 0.25) is 0 Å². The minimum absolute atomic E-state index is 0.0366. The molecule has 3 aliphatic heterocycles. The van der Waals surface area contributed by atoms with E-state index in [-0.39, 0.29) is 18.0 Å². The van der Waals surface area contributed by atoms with Crippen LogP contribution >= 0.6 is 0 Å². The van der Waals surface area contributed by atoms with Crippen LogP contribution in [0.4, 0.5) is 17.1 Å². The van der Waals surface area contributed by atoms with Crippen LogP contribution < -0.4 is 24.7 Å². The predicted octanol–water partition coefficient (Wildman–Crippen LogP) is 7.92. The maximum atomic E-state index is 13.7. The fraction of sp³-hybridized carbons (Fsp3) is 0.227. The third-order valence-corrected chi connectivity index (χ3v) is 9.75. The van der Waals surface area contributed by atoms with E-state index >= 15 is 0 Å². The molecule has 0 saturated heterocycles. The number of nitrogens with two attached hydrogens (primary N) is 1. The Balaban J connectivity index is 0.967. The summed E-state index contributed by atoms with van der Waals surface area (Å²) >= 11 is 0. The summed E-state index contributed by atoms with van der Waals surface area (Å²) in [4.78, 5) is 39.0. The molecule has 1 amide bonds. The fourth-order valence-corrected chi connectivity index (χ4v) is 6.73. The van der Waals surface area contributed by atoms with E-state index in [9.17, 15) is 9.59 Å². The number of carbonyl (C=O) groups excluding carboxylic acids is 2. The van der Waals surface area contributed by atoms with Gasteiger partial charge in [0, 0.05) is 68.1 Å². The first-order valence-electron chi connectivity index (χ1n) is 18.1. The summed E-state index contributed by atoms with van der Waals surface area (Å²) in [7, 11) is 5.08. The number of ether oxygens (including phenoxy) is 4.